The topological polar surface area (TPSA) is 33.0 Å². The van der Waals surface area contributed by atoms with E-state index in [0.717, 1.165) is 36.5 Å². The Morgan fingerprint density at radius 2 is 1.14 bits per heavy atom. The lowest BCUT2D eigenvalue weighted by Crippen LogP contribution is -2.23. The van der Waals surface area contributed by atoms with Crippen molar-refractivity contribution in [1.29, 1.82) is 5.26 Å². The van der Waals surface area contributed by atoms with Crippen LogP contribution in [0.25, 0.3) is 0 Å². The van der Waals surface area contributed by atoms with Gasteiger partial charge in [0.1, 0.15) is 35.1 Å². The lowest BCUT2D eigenvalue weighted by Gasteiger charge is -2.19. The van der Waals surface area contributed by atoms with Gasteiger partial charge in [0.15, 0.2) is 0 Å². The summed E-state index contributed by atoms with van der Waals surface area (Å²) in [5.41, 5.74) is -2.64. The molecule has 0 radical (unpaired) electrons. The van der Waals surface area contributed by atoms with Crippen molar-refractivity contribution >= 4 is 0 Å². The summed E-state index contributed by atoms with van der Waals surface area (Å²) in [6.07, 6.45) is 3.57. The predicted octanol–water partition coefficient (Wildman–Crippen LogP) is 11.6. The molecule has 0 amide bonds. The summed E-state index contributed by atoms with van der Waals surface area (Å²) in [7, 11) is 0. The Kier molecular flexibility index (Phi) is 15.5. The lowest BCUT2D eigenvalue weighted by atomic mass is 10.0. The molecule has 0 aliphatic rings. The van der Waals surface area contributed by atoms with E-state index in [1.165, 1.54) is 6.07 Å². The summed E-state index contributed by atoms with van der Waals surface area (Å²) >= 11 is 0. The van der Waals surface area contributed by atoms with Gasteiger partial charge in [-0.05, 0) is 65.5 Å². The highest BCUT2D eigenvalue weighted by molar-refractivity contribution is 5.56. The van der Waals surface area contributed by atoms with Crippen LogP contribution >= 0.6 is 0 Å². The normalized spacial score (nSPS) is 12.6. The average Bonchev–Trinajstić information content (AvgIpc) is 2.96. The van der Waals surface area contributed by atoms with Crippen molar-refractivity contribution in [3.63, 3.8) is 0 Å². The Morgan fingerprint density at radius 3 is 1.61 bits per heavy atom. The van der Waals surface area contributed by atoms with Crippen LogP contribution in [-0.4, -0.2) is 6.11 Å². The Labute approximate surface area is 255 Å². The summed E-state index contributed by atoms with van der Waals surface area (Å²) in [4.78, 5) is 0. The molecular weight excluding hydrogens is 576 g/mol. The monoisotopic (exact) mass is 609 g/mol. The number of ether oxygens (including phenoxy) is 1. The Bertz CT molecular complexity index is 1530. The molecule has 0 saturated heterocycles. The first-order chi connectivity index (χ1) is 20.3. The molecule has 0 aliphatic carbocycles. The number of alkyl halides is 2. The molecule has 0 bridgehead atoms. The van der Waals surface area contributed by atoms with Crippen molar-refractivity contribution in [2.45, 2.75) is 19.0 Å². The third-order valence-electron chi connectivity index (χ3n) is 5.46. The number of allylic oxidation sites excluding steroid dienone is 18. The zero-order valence-corrected chi connectivity index (χ0v) is 24.4. The molecule has 0 heterocycles. The van der Waals surface area contributed by atoms with E-state index in [9.17, 15) is 26.3 Å². The second-order valence-electron chi connectivity index (χ2n) is 9.00. The maximum absolute atomic E-state index is 14.8. The van der Waals surface area contributed by atoms with Crippen molar-refractivity contribution in [2.75, 3.05) is 0 Å². The van der Waals surface area contributed by atoms with Crippen molar-refractivity contribution in [1.82, 2.24) is 0 Å². The fraction of sp³-hybridized carbons (Fsp3) is 0.0833. The number of halogens is 6. The first-order valence-corrected chi connectivity index (χ1v) is 12.4. The van der Waals surface area contributed by atoms with Gasteiger partial charge in [0.05, 0.1) is 11.1 Å². The van der Waals surface area contributed by atoms with Crippen LogP contribution in [0.2, 0.25) is 0 Å². The quantitative estimate of drug-likeness (QED) is 0.0480. The first kappa shape index (κ1) is 38.7. The highest BCUT2D eigenvalue weighted by Crippen LogP contribution is 2.33. The van der Waals surface area contributed by atoms with Gasteiger partial charge in [-0.3, -0.25) is 0 Å². The Hall–Kier alpha value is -5.29. The minimum atomic E-state index is -4.15. The van der Waals surface area contributed by atoms with Crippen molar-refractivity contribution in [2.24, 2.45) is 0 Å². The molecule has 0 fully saturated rings. The van der Waals surface area contributed by atoms with Gasteiger partial charge in [0.2, 0.25) is 0 Å². The molecule has 0 aromatic heterocycles. The largest absolute Gasteiger partial charge is 0.429 e. The number of hydrogen-bond donors (Lipinski definition) is 0. The molecule has 0 aromatic carbocycles. The van der Waals surface area contributed by atoms with E-state index in [0.29, 0.717) is 12.8 Å². The molecule has 0 rings (SSSR count). The van der Waals surface area contributed by atoms with Crippen LogP contribution in [0.15, 0.2) is 194 Å². The summed E-state index contributed by atoms with van der Waals surface area (Å²) in [6, 6.07) is 1.49. The van der Waals surface area contributed by atoms with Gasteiger partial charge >= 0.3 is 6.11 Å². The molecule has 2 nitrogen and oxygen atoms in total. The lowest BCUT2D eigenvalue weighted by molar-refractivity contribution is -0.177. The van der Waals surface area contributed by atoms with E-state index < -0.39 is 46.3 Å². The molecular formula is C36H33F6NO. The summed E-state index contributed by atoms with van der Waals surface area (Å²) in [5.74, 6) is -4.97. The van der Waals surface area contributed by atoms with E-state index in [2.05, 4.69) is 77.1 Å². The molecule has 8 heteroatoms. The maximum Gasteiger partial charge on any atom is 0.428 e. The number of hydrogen-bond acceptors (Lipinski definition) is 2. The van der Waals surface area contributed by atoms with Crippen LogP contribution in [-0.2, 0) is 4.74 Å². The van der Waals surface area contributed by atoms with Crippen LogP contribution in [0.4, 0.5) is 26.3 Å². The fourth-order valence-corrected chi connectivity index (χ4v) is 2.67. The minimum absolute atomic E-state index is 0.0363. The second-order valence-corrected chi connectivity index (χ2v) is 9.00. The van der Waals surface area contributed by atoms with E-state index >= 15 is 0 Å². The van der Waals surface area contributed by atoms with Gasteiger partial charge in [0, 0.05) is 11.1 Å². The molecule has 0 atom stereocenters. The average molecular weight is 610 g/mol. The van der Waals surface area contributed by atoms with Crippen LogP contribution in [0, 0.1) is 11.3 Å². The number of nitrogens with zero attached hydrogens (tertiary/aromatic N) is 1. The third-order valence-corrected chi connectivity index (χ3v) is 5.46. The second kappa shape index (κ2) is 17.6. The molecule has 0 aromatic rings. The van der Waals surface area contributed by atoms with E-state index in [-0.39, 0.29) is 39.0 Å². The predicted molar refractivity (Wildman–Crippen MR) is 168 cm³/mol. The number of nitriles is 1. The standard InChI is InChI=1S/C36H33F6NO/c1-12-13-14-22(2)17-35(40)31(11)36(41,42)44-28(8)16-15-23(3)24(4)18-33(38)30(10)26(6)20-34(39)29(9)25(5)19-32(37)27(7)21-43/h12,15-20H,1-11,13-14H2/b16-15-,32-19+,33-18+,34-20+,35-17+. The third kappa shape index (κ3) is 12.7. The van der Waals surface area contributed by atoms with Crippen LogP contribution < -0.4 is 0 Å². The van der Waals surface area contributed by atoms with Gasteiger partial charge in [-0.25, -0.2) is 17.6 Å². The first-order valence-electron chi connectivity index (χ1n) is 12.4. The summed E-state index contributed by atoms with van der Waals surface area (Å²) in [5, 5.41) is 8.66. The molecule has 0 spiro atoms. The van der Waals surface area contributed by atoms with Gasteiger partial charge in [-0.1, -0.05) is 83.5 Å². The molecule has 0 aliphatic heterocycles. The Morgan fingerprint density at radius 1 is 0.659 bits per heavy atom. The van der Waals surface area contributed by atoms with Gasteiger partial charge in [0.25, 0.3) is 0 Å². The van der Waals surface area contributed by atoms with Crippen molar-refractivity contribution < 1.29 is 31.1 Å². The SMILES string of the molecule is C=CCCC(=C)/C=C(/F)C(=C)C(F)(F)OC(=C)/C=C\C(=C)C(=C)/C=C(/F)C(=C)C(=C)/C=C(/F)C(=C)C(=C)/C=C(/F)C(=C)C#N. The van der Waals surface area contributed by atoms with Crippen LogP contribution in [0.3, 0.4) is 0 Å². The zero-order chi connectivity index (χ0) is 34.4. The summed E-state index contributed by atoms with van der Waals surface area (Å²) < 4.78 is 90.6. The van der Waals surface area contributed by atoms with Crippen molar-refractivity contribution in [3.8, 4) is 6.07 Å². The van der Waals surface area contributed by atoms with E-state index in [1.54, 1.807) is 6.08 Å². The molecule has 230 valence electrons. The molecule has 0 unspecified atom stereocenters. The molecule has 0 saturated carbocycles. The maximum atomic E-state index is 14.8. The fourth-order valence-electron chi connectivity index (χ4n) is 2.67. The van der Waals surface area contributed by atoms with Gasteiger partial charge < -0.3 is 4.74 Å². The van der Waals surface area contributed by atoms with Crippen molar-refractivity contribution in [3.05, 3.63) is 194 Å². The van der Waals surface area contributed by atoms with Gasteiger partial charge in [-0.2, -0.15) is 14.0 Å². The highest BCUT2D eigenvalue weighted by atomic mass is 19.3. The molecule has 0 N–H and O–H groups in total. The highest BCUT2D eigenvalue weighted by Gasteiger charge is 2.38. The minimum Gasteiger partial charge on any atom is -0.429 e. The van der Waals surface area contributed by atoms with Crippen LogP contribution in [0.1, 0.15) is 12.8 Å². The van der Waals surface area contributed by atoms with Gasteiger partial charge in [-0.15, -0.1) is 6.58 Å². The zero-order valence-electron chi connectivity index (χ0n) is 24.4. The smallest absolute Gasteiger partial charge is 0.428 e. The molecule has 44 heavy (non-hydrogen) atoms. The summed E-state index contributed by atoms with van der Waals surface area (Å²) in [6.45, 7) is 37.8. The van der Waals surface area contributed by atoms with E-state index in [1.807, 2.05) is 0 Å². The Balaban J connectivity index is 5.45. The van der Waals surface area contributed by atoms with E-state index in [4.69, 9.17) is 5.26 Å². The van der Waals surface area contributed by atoms with Crippen LogP contribution in [0.5, 0.6) is 0 Å². The number of rotatable bonds is 19.